The van der Waals surface area contributed by atoms with Crippen molar-refractivity contribution in [3.05, 3.63) is 35.9 Å². The summed E-state index contributed by atoms with van der Waals surface area (Å²) >= 11 is 0. The van der Waals surface area contributed by atoms with E-state index >= 15 is 0 Å². The van der Waals surface area contributed by atoms with Crippen LogP contribution < -0.4 is 11.1 Å². The van der Waals surface area contributed by atoms with Crippen LogP contribution in [-0.2, 0) is 10.2 Å². The van der Waals surface area contributed by atoms with Gasteiger partial charge in [0.05, 0.1) is 5.41 Å². The molecule has 1 aromatic rings. The SMILES string of the molecule is CC12C[C@H]3CC(C(=O)N[C@H]4CC[C@H](CN)CC4)(C1)CC(c1ccccc1)(C3)C2. The van der Waals surface area contributed by atoms with Crippen molar-refractivity contribution >= 4 is 5.91 Å². The molecular weight excluding hydrogens is 344 g/mol. The van der Waals surface area contributed by atoms with Gasteiger partial charge < -0.3 is 11.1 Å². The van der Waals surface area contributed by atoms with E-state index in [0.29, 0.717) is 29.2 Å². The quantitative estimate of drug-likeness (QED) is 0.805. The third kappa shape index (κ3) is 3.01. The van der Waals surface area contributed by atoms with Crippen LogP contribution in [-0.4, -0.2) is 18.5 Å². The van der Waals surface area contributed by atoms with Crippen molar-refractivity contribution in [3.8, 4) is 0 Å². The van der Waals surface area contributed by atoms with Gasteiger partial charge in [-0.2, -0.15) is 0 Å². The summed E-state index contributed by atoms with van der Waals surface area (Å²) in [7, 11) is 0. The van der Waals surface area contributed by atoms with E-state index in [0.717, 1.165) is 38.6 Å². The molecule has 28 heavy (non-hydrogen) atoms. The van der Waals surface area contributed by atoms with Crippen LogP contribution in [0.3, 0.4) is 0 Å². The van der Waals surface area contributed by atoms with Gasteiger partial charge in [0.1, 0.15) is 0 Å². The Labute approximate surface area is 169 Å². The summed E-state index contributed by atoms with van der Waals surface area (Å²) in [5.41, 5.74) is 7.72. The minimum absolute atomic E-state index is 0.144. The smallest absolute Gasteiger partial charge is 0.226 e. The van der Waals surface area contributed by atoms with Crippen LogP contribution >= 0.6 is 0 Å². The highest BCUT2D eigenvalue weighted by Crippen LogP contribution is 2.70. The number of nitrogens with two attached hydrogens (primary N) is 1. The largest absolute Gasteiger partial charge is 0.353 e. The van der Waals surface area contributed by atoms with E-state index in [9.17, 15) is 4.79 Å². The second kappa shape index (κ2) is 6.58. The topological polar surface area (TPSA) is 55.1 Å². The molecule has 5 aliphatic rings. The molecule has 3 N–H and O–H groups in total. The number of carbonyl (C=O) groups excluding carboxylic acids is 1. The fourth-order valence-corrected chi connectivity index (χ4v) is 8.17. The van der Waals surface area contributed by atoms with Crippen LogP contribution in [0.25, 0.3) is 0 Å². The van der Waals surface area contributed by atoms with Crippen LogP contribution in [0, 0.1) is 22.7 Å². The predicted octanol–water partition coefficient (Wildman–Crippen LogP) is 4.55. The van der Waals surface area contributed by atoms with E-state index in [1.807, 2.05) is 0 Å². The van der Waals surface area contributed by atoms with E-state index in [4.69, 9.17) is 5.73 Å². The van der Waals surface area contributed by atoms with Gasteiger partial charge in [0.15, 0.2) is 0 Å². The summed E-state index contributed by atoms with van der Waals surface area (Å²) in [4.78, 5) is 13.7. The van der Waals surface area contributed by atoms with E-state index < -0.39 is 0 Å². The Morgan fingerprint density at radius 1 is 1.04 bits per heavy atom. The molecule has 4 atom stereocenters. The summed E-state index contributed by atoms with van der Waals surface area (Å²) in [5.74, 6) is 1.74. The number of hydrogen-bond acceptors (Lipinski definition) is 2. The first-order valence-electron chi connectivity index (χ1n) is 11.5. The van der Waals surface area contributed by atoms with Crippen molar-refractivity contribution in [1.82, 2.24) is 5.32 Å². The summed E-state index contributed by atoms with van der Waals surface area (Å²) < 4.78 is 0. The molecule has 1 aromatic carbocycles. The third-order valence-electron chi connectivity index (χ3n) is 8.73. The first-order chi connectivity index (χ1) is 13.4. The van der Waals surface area contributed by atoms with Gasteiger partial charge in [-0.05, 0) is 99.0 Å². The van der Waals surface area contributed by atoms with Crippen molar-refractivity contribution in [1.29, 1.82) is 0 Å². The minimum atomic E-state index is -0.144. The van der Waals surface area contributed by atoms with E-state index in [-0.39, 0.29) is 10.8 Å². The number of benzene rings is 1. The highest BCUT2D eigenvalue weighted by molar-refractivity contribution is 5.84. The highest BCUT2D eigenvalue weighted by atomic mass is 16.2. The van der Waals surface area contributed by atoms with E-state index in [1.54, 1.807) is 0 Å². The molecule has 0 aliphatic heterocycles. The van der Waals surface area contributed by atoms with Crippen LogP contribution in [0.1, 0.15) is 76.7 Å². The maximum atomic E-state index is 13.7. The second-order valence-corrected chi connectivity index (χ2v) is 11.2. The van der Waals surface area contributed by atoms with Gasteiger partial charge in [0.2, 0.25) is 5.91 Å². The lowest BCUT2D eigenvalue weighted by atomic mass is 9.38. The number of rotatable bonds is 4. The molecule has 0 saturated heterocycles. The van der Waals surface area contributed by atoms with E-state index in [2.05, 4.69) is 42.6 Å². The second-order valence-electron chi connectivity index (χ2n) is 11.2. The van der Waals surface area contributed by atoms with Crippen molar-refractivity contribution in [2.45, 2.75) is 82.6 Å². The maximum Gasteiger partial charge on any atom is 0.226 e. The fraction of sp³-hybridized carbons (Fsp3) is 0.720. The summed E-state index contributed by atoms with van der Waals surface area (Å²) in [6.07, 6.45) is 11.7. The normalized spacial score (nSPS) is 44.4. The van der Waals surface area contributed by atoms with Crippen molar-refractivity contribution in [3.63, 3.8) is 0 Å². The Bertz CT molecular complexity index is 740. The third-order valence-corrected chi connectivity index (χ3v) is 8.73. The Morgan fingerprint density at radius 3 is 2.46 bits per heavy atom. The molecule has 0 heterocycles. The molecule has 0 spiro atoms. The van der Waals surface area contributed by atoms with E-state index in [1.165, 1.54) is 37.7 Å². The standard InChI is InChI=1S/C25H36N2O/c1-23-11-19-12-24(15-23,20-5-3-2-4-6-20)17-25(13-19,16-23)22(28)27-21-9-7-18(14-26)8-10-21/h2-6,18-19,21H,7-17,26H2,1H3,(H,27,28)/t18-,19-,21-,23?,24?,25?/m1/s1. The molecular formula is C25H36N2O. The Morgan fingerprint density at radius 2 is 1.79 bits per heavy atom. The van der Waals surface area contributed by atoms with Gasteiger partial charge in [0, 0.05) is 6.04 Å². The van der Waals surface area contributed by atoms with Crippen LogP contribution in [0.2, 0.25) is 0 Å². The van der Waals surface area contributed by atoms with Crippen molar-refractivity contribution in [2.24, 2.45) is 28.4 Å². The Kier molecular flexibility index (Phi) is 4.39. The summed E-state index contributed by atoms with van der Waals surface area (Å²) in [6, 6.07) is 11.5. The molecule has 6 rings (SSSR count). The maximum absolute atomic E-state index is 13.7. The first kappa shape index (κ1) is 18.7. The van der Waals surface area contributed by atoms with Crippen molar-refractivity contribution < 1.29 is 4.79 Å². The summed E-state index contributed by atoms with van der Waals surface area (Å²) in [6.45, 7) is 3.26. The van der Waals surface area contributed by atoms with Crippen LogP contribution in [0.4, 0.5) is 0 Å². The van der Waals surface area contributed by atoms with Gasteiger partial charge in [0.25, 0.3) is 0 Å². The Balaban J connectivity index is 1.39. The lowest BCUT2D eigenvalue weighted by Crippen LogP contribution is -2.62. The molecule has 0 aromatic heterocycles. The molecule has 3 heteroatoms. The number of hydrogen-bond donors (Lipinski definition) is 2. The molecule has 1 amide bonds. The Hall–Kier alpha value is -1.35. The lowest BCUT2D eigenvalue weighted by Gasteiger charge is -2.65. The monoisotopic (exact) mass is 380 g/mol. The fourth-order valence-electron chi connectivity index (χ4n) is 8.17. The zero-order valence-corrected chi connectivity index (χ0v) is 17.4. The lowest BCUT2D eigenvalue weighted by molar-refractivity contribution is -0.161. The molecule has 3 nitrogen and oxygen atoms in total. The zero-order chi connectivity index (χ0) is 19.4. The molecule has 152 valence electrons. The summed E-state index contributed by atoms with van der Waals surface area (Å²) in [5, 5.41) is 3.53. The highest BCUT2D eigenvalue weighted by Gasteiger charge is 2.64. The number of nitrogens with one attached hydrogen (secondary N) is 1. The van der Waals surface area contributed by atoms with Gasteiger partial charge in [-0.3, -0.25) is 4.79 Å². The molecule has 4 bridgehead atoms. The number of carbonyl (C=O) groups is 1. The zero-order valence-electron chi connectivity index (χ0n) is 17.4. The average Bonchev–Trinajstić information content (AvgIpc) is 2.67. The van der Waals surface area contributed by atoms with Gasteiger partial charge >= 0.3 is 0 Å². The molecule has 3 unspecified atom stereocenters. The predicted molar refractivity (Wildman–Crippen MR) is 113 cm³/mol. The first-order valence-corrected chi connectivity index (χ1v) is 11.5. The molecule has 0 radical (unpaired) electrons. The molecule has 5 saturated carbocycles. The van der Waals surface area contributed by atoms with Crippen molar-refractivity contribution in [2.75, 3.05) is 6.54 Å². The van der Waals surface area contributed by atoms with Crippen LogP contribution in [0.5, 0.6) is 0 Å². The van der Waals surface area contributed by atoms with Gasteiger partial charge in [-0.25, -0.2) is 0 Å². The molecule has 5 fully saturated rings. The average molecular weight is 381 g/mol. The molecule has 5 aliphatic carbocycles. The van der Waals surface area contributed by atoms with Crippen LogP contribution in [0.15, 0.2) is 30.3 Å². The minimum Gasteiger partial charge on any atom is -0.353 e. The van der Waals surface area contributed by atoms with Gasteiger partial charge in [-0.1, -0.05) is 37.3 Å². The number of amides is 1. The van der Waals surface area contributed by atoms with Gasteiger partial charge in [-0.15, -0.1) is 0 Å².